The summed E-state index contributed by atoms with van der Waals surface area (Å²) < 4.78 is 13.0. The first-order valence-corrected chi connectivity index (χ1v) is 14.0. The molecule has 0 aliphatic carbocycles. The largest absolute Gasteiger partial charge is 0.497 e. The Balaban J connectivity index is 1.38. The predicted octanol–water partition coefficient (Wildman–Crippen LogP) is 3.87. The number of hydrogen-bond acceptors (Lipinski definition) is 10. The van der Waals surface area contributed by atoms with E-state index in [1.807, 2.05) is 72.8 Å². The van der Waals surface area contributed by atoms with Crippen LogP contribution in [0.2, 0.25) is 0 Å². The molecule has 8 rings (SSSR count). The van der Waals surface area contributed by atoms with Crippen molar-refractivity contribution in [3.8, 4) is 23.3 Å². The van der Waals surface area contributed by atoms with Gasteiger partial charge in [-0.25, -0.2) is 14.6 Å². The third-order valence-corrected chi connectivity index (χ3v) is 8.36. The number of aromatic nitrogens is 5. The van der Waals surface area contributed by atoms with Crippen LogP contribution in [0, 0.1) is 11.3 Å². The second-order valence-electron chi connectivity index (χ2n) is 10.7. The number of carbonyl (C=O) groups excluding carboxylic acids is 1. The SMILES string of the molecule is COc1ccc(-n2nncc2CN2C(=O)C3(C(C#N)=C(N)Oc4c(N)cc5nc6ccccc6nc5c43)c3ccccc32)cc1. The molecule has 0 fully saturated rings. The number of carbonyl (C=O) groups is 1. The molecule has 4 heterocycles. The van der Waals surface area contributed by atoms with E-state index in [9.17, 15) is 5.26 Å². The minimum Gasteiger partial charge on any atom is -0.497 e. The zero-order valence-electron chi connectivity index (χ0n) is 23.8. The summed E-state index contributed by atoms with van der Waals surface area (Å²) in [6.45, 7) is 0.0836. The van der Waals surface area contributed by atoms with Crippen LogP contribution in [-0.2, 0) is 16.8 Å². The molecule has 12 nitrogen and oxygen atoms in total. The van der Waals surface area contributed by atoms with Gasteiger partial charge in [0.05, 0.1) is 64.6 Å². The van der Waals surface area contributed by atoms with Gasteiger partial charge in [0.2, 0.25) is 11.8 Å². The first-order chi connectivity index (χ1) is 21.9. The minimum absolute atomic E-state index is 0.0569. The molecular weight excluding hydrogens is 570 g/mol. The quantitative estimate of drug-likeness (QED) is 0.226. The molecule has 6 aromatic rings. The zero-order chi connectivity index (χ0) is 30.9. The number of fused-ring (bicyclic) bond motifs is 7. The molecular formula is C33H23N9O3. The van der Waals surface area contributed by atoms with Crippen LogP contribution in [0.1, 0.15) is 16.8 Å². The van der Waals surface area contributed by atoms with E-state index in [1.165, 1.54) is 0 Å². The average molecular weight is 594 g/mol. The van der Waals surface area contributed by atoms with E-state index >= 15 is 4.79 Å². The summed E-state index contributed by atoms with van der Waals surface area (Å²) in [5.74, 6) is 0.232. The number of methoxy groups -OCH3 is 1. The van der Waals surface area contributed by atoms with E-state index in [2.05, 4.69) is 16.4 Å². The Morgan fingerprint density at radius 1 is 0.978 bits per heavy atom. The molecule has 218 valence electrons. The molecule has 2 aromatic heterocycles. The third-order valence-electron chi connectivity index (χ3n) is 8.36. The number of para-hydroxylation sites is 3. The van der Waals surface area contributed by atoms with Gasteiger partial charge < -0.3 is 25.8 Å². The Bertz CT molecular complexity index is 2290. The predicted molar refractivity (Wildman–Crippen MR) is 165 cm³/mol. The molecule has 0 radical (unpaired) electrons. The van der Waals surface area contributed by atoms with E-state index in [1.54, 1.807) is 29.0 Å². The van der Waals surface area contributed by atoms with Gasteiger partial charge in [0.15, 0.2) is 5.75 Å². The van der Waals surface area contributed by atoms with E-state index in [-0.39, 0.29) is 29.4 Å². The fourth-order valence-corrected chi connectivity index (χ4v) is 6.39. The number of nitriles is 1. The molecule has 0 bridgehead atoms. The molecule has 12 heteroatoms. The van der Waals surface area contributed by atoms with Crippen LogP contribution in [0.25, 0.3) is 27.8 Å². The Hall–Kier alpha value is -6.48. The van der Waals surface area contributed by atoms with Crippen molar-refractivity contribution < 1.29 is 14.3 Å². The van der Waals surface area contributed by atoms with Crippen molar-refractivity contribution in [3.05, 3.63) is 113 Å². The van der Waals surface area contributed by atoms with Crippen LogP contribution < -0.4 is 25.8 Å². The third kappa shape index (κ3) is 3.55. The number of benzene rings is 4. The lowest BCUT2D eigenvalue weighted by Gasteiger charge is -2.35. The number of ether oxygens (including phenoxy) is 2. The van der Waals surface area contributed by atoms with Gasteiger partial charge in [0, 0.05) is 11.3 Å². The standard InChI is InChI=1S/C33H23N9O3/c1-44-20-12-10-18(11-13-20)42-19(16-37-40-42)17-41-27-9-5-2-6-21(27)33(32(41)43)22(15-34)31(36)45-30-23(35)14-26-29(28(30)33)39-25-8-4-3-7-24(25)38-26/h2-14,16H,17,35-36H2,1H3. The molecule has 1 spiro atoms. The van der Waals surface area contributed by atoms with Crippen LogP contribution in [0.4, 0.5) is 11.4 Å². The summed E-state index contributed by atoms with van der Waals surface area (Å²) in [6, 6.07) is 25.9. The molecule has 1 unspecified atom stereocenters. The van der Waals surface area contributed by atoms with Crippen molar-refractivity contribution in [2.45, 2.75) is 12.0 Å². The first kappa shape index (κ1) is 26.2. The van der Waals surface area contributed by atoms with Crippen molar-refractivity contribution in [3.63, 3.8) is 0 Å². The highest BCUT2D eigenvalue weighted by Crippen LogP contribution is 2.58. The first-order valence-electron chi connectivity index (χ1n) is 14.0. The summed E-state index contributed by atoms with van der Waals surface area (Å²) in [7, 11) is 1.60. The number of anilines is 2. The van der Waals surface area contributed by atoms with E-state index in [4.69, 9.17) is 30.9 Å². The summed E-state index contributed by atoms with van der Waals surface area (Å²) in [6.07, 6.45) is 1.60. The smallest absolute Gasteiger partial charge is 0.248 e. The Morgan fingerprint density at radius 2 is 1.71 bits per heavy atom. The average Bonchev–Trinajstić information content (AvgIpc) is 3.62. The molecule has 2 aliphatic rings. The van der Waals surface area contributed by atoms with Gasteiger partial charge in [0.25, 0.3) is 0 Å². The number of amides is 1. The highest BCUT2D eigenvalue weighted by molar-refractivity contribution is 6.16. The lowest BCUT2D eigenvalue weighted by molar-refractivity contribution is -0.121. The van der Waals surface area contributed by atoms with Crippen molar-refractivity contribution in [2.75, 3.05) is 17.7 Å². The monoisotopic (exact) mass is 593 g/mol. The number of nitrogens with two attached hydrogens (primary N) is 2. The molecule has 4 aromatic carbocycles. The van der Waals surface area contributed by atoms with Gasteiger partial charge in [-0.2, -0.15) is 5.26 Å². The van der Waals surface area contributed by atoms with Gasteiger partial charge in [-0.15, -0.1) is 5.10 Å². The molecule has 2 aliphatic heterocycles. The topological polar surface area (TPSA) is 171 Å². The zero-order valence-corrected chi connectivity index (χ0v) is 23.8. The maximum Gasteiger partial charge on any atom is 0.248 e. The summed E-state index contributed by atoms with van der Waals surface area (Å²) in [4.78, 5) is 26.5. The van der Waals surface area contributed by atoms with E-state index in [0.717, 1.165) is 5.69 Å². The molecule has 0 saturated heterocycles. The second kappa shape index (κ2) is 9.51. The van der Waals surface area contributed by atoms with Crippen LogP contribution in [0.5, 0.6) is 11.5 Å². The molecule has 4 N–H and O–H groups in total. The normalized spacial score (nSPS) is 17.0. The molecule has 45 heavy (non-hydrogen) atoms. The second-order valence-corrected chi connectivity index (χ2v) is 10.7. The molecule has 1 atom stereocenters. The van der Waals surface area contributed by atoms with Crippen molar-refractivity contribution in [1.82, 2.24) is 25.0 Å². The van der Waals surface area contributed by atoms with Crippen LogP contribution in [-0.4, -0.2) is 38.0 Å². The van der Waals surface area contributed by atoms with Crippen LogP contribution in [0.15, 0.2) is 96.5 Å². The number of rotatable bonds is 4. The highest BCUT2D eigenvalue weighted by Gasteiger charge is 2.60. The number of nitrogen functional groups attached to an aromatic ring is 1. The molecule has 0 saturated carbocycles. The summed E-state index contributed by atoms with van der Waals surface area (Å²) in [5, 5.41) is 19.0. The van der Waals surface area contributed by atoms with Crippen LogP contribution in [0.3, 0.4) is 0 Å². The van der Waals surface area contributed by atoms with Crippen molar-refractivity contribution in [2.24, 2.45) is 5.73 Å². The van der Waals surface area contributed by atoms with E-state index < -0.39 is 11.3 Å². The number of nitrogens with zero attached hydrogens (tertiary/aromatic N) is 7. The lowest BCUT2D eigenvalue weighted by atomic mass is 9.68. The Labute approximate surface area is 255 Å². The van der Waals surface area contributed by atoms with Crippen molar-refractivity contribution in [1.29, 1.82) is 5.26 Å². The molecule has 1 amide bonds. The van der Waals surface area contributed by atoms with Gasteiger partial charge in [0.1, 0.15) is 22.8 Å². The Kier molecular flexibility index (Phi) is 5.53. The summed E-state index contributed by atoms with van der Waals surface area (Å²) >= 11 is 0. The summed E-state index contributed by atoms with van der Waals surface area (Å²) in [5.41, 5.74) is 16.3. The van der Waals surface area contributed by atoms with Gasteiger partial charge in [-0.3, -0.25) is 4.79 Å². The van der Waals surface area contributed by atoms with Gasteiger partial charge in [-0.1, -0.05) is 35.5 Å². The maximum absolute atomic E-state index is 15.2. The number of hydrogen-bond donors (Lipinski definition) is 2. The van der Waals surface area contributed by atoms with Gasteiger partial charge >= 0.3 is 0 Å². The fraction of sp³-hybridized carbons (Fsp3) is 0.0909. The van der Waals surface area contributed by atoms with Gasteiger partial charge in [-0.05, 0) is 48.5 Å². The van der Waals surface area contributed by atoms with Crippen molar-refractivity contribution >= 4 is 39.3 Å². The lowest BCUT2D eigenvalue weighted by Crippen LogP contribution is -2.46. The van der Waals surface area contributed by atoms with Crippen LogP contribution >= 0.6 is 0 Å². The minimum atomic E-state index is -1.72. The fourth-order valence-electron chi connectivity index (χ4n) is 6.39. The van der Waals surface area contributed by atoms with E-state index in [0.29, 0.717) is 50.3 Å². The maximum atomic E-state index is 15.2. The highest BCUT2D eigenvalue weighted by atomic mass is 16.5. The Morgan fingerprint density at radius 3 is 2.47 bits per heavy atom.